The maximum atomic E-state index is 10.6. The van der Waals surface area contributed by atoms with Crippen molar-refractivity contribution in [1.82, 2.24) is 10.3 Å². The monoisotopic (exact) mass is 278 g/mol. The van der Waals surface area contributed by atoms with Crippen molar-refractivity contribution in [1.29, 1.82) is 0 Å². The maximum absolute atomic E-state index is 10.6. The van der Waals surface area contributed by atoms with E-state index in [1.165, 1.54) is 12.3 Å². The van der Waals surface area contributed by atoms with Crippen molar-refractivity contribution < 1.29 is 4.92 Å². The summed E-state index contributed by atoms with van der Waals surface area (Å²) < 4.78 is 0. The van der Waals surface area contributed by atoms with E-state index in [1.54, 1.807) is 6.07 Å². The van der Waals surface area contributed by atoms with Gasteiger partial charge in [0.1, 0.15) is 12.0 Å². The van der Waals surface area contributed by atoms with Crippen LogP contribution < -0.4 is 10.6 Å². The molecule has 1 fully saturated rings. The Morgan fingerprint density at radius 2 is 1.90 bits per heavy atom. The van der Waals surface area contributed by atoms with Crippen molar-refractivity contribution in [3.05, 3.63) is 28.4 Å². The number of anilines is 1. The third-order valence-corrected chi connectivity index (χ3v) is 3.50. The third-order valence-electron chi connectivity index (χ3n) is 3.50. The molecule has 2 rings (SSSR count). The zero-order chi connectivity index (χ0) is 15.0. The van der Waals surface area contributed by atoms with Gasteiger partial charge in [-0.05, 0) is 46.6 Å². The highest BCUT2D eigenvalue weighted by Gasteiger charge is 2.37. The lowest BCUT2D eigenvalue weighted by Crippen LogP contribution is -2.60. The summed E-state index contributed by atoms with van der Waals surface area (Å²) >= 11 is 0. The summed E-state index contributed by atoms with van der Waals surface area (Å²) in [5, 5.41) is 17.6. The molecule has 1 aliphatic heterocycles. The zero-order valence-corrected chi connectivity index (χ0v) is 12.4. The van der Waals surface area contributed by atoms with Crippen LogP contribution >= 0.6 is 0 Å². The number of nitrogens with zero attached hydrogens (tertiary/aromatic N) is 2. The molecule has 1 aromatic rings. The van der Waals surface area contributed by atoms with E-state index in [1.807, 2.05) is 0 Å². The molecule has 1 aliphatic rings. The van der Waals surface area contributed by atoms with Crippen LogP contribution in [0.15, 0.2) is 18.3 Å². The zero-order valence-electron chi connectivity index (χ0n) is 12.4. The second kappa shape index (κ2) is 5.01. The van der Waals surface area contributed by atoms with Crippen LogP contribution in [0.3, 0.4) is 0 Å². The molecule has 2 heterocycles. The van der Waals surface area contributed by atoms with Crippen LogP contribution in [0.4, 0.5) is 11.5 Å². The lowest BCUT2D eigenvalue weighted by atomic mass is 9.79. The predicted molar refractivity (Wildman–Crippen MR) is 78.8 cm³/mol. The molecule has 6 nitrogen and oxygen atoms in total. The van der Waals surface area contributed by atoms with Crippen LogP contribution in [-0.4, -0.2) is 27.0 Å². The normalized spacial score (nSPS) is 21.4. The minimum atomic E-state index is -0.437. The summed E-state index contributed by atoms with van der Waals surface area (Å²) in [5.41, 5.74) is 0.127. The number of hydrogen-bond acceptors (Lipinski definition) is 5. The smallest absolute Gasteiger partial charge is 0.287 e. The van der Waals surface area contributed by atoms with Crippen molar-refractivity contribution in [2.45, 2.75) is 57.7 Å². The molecule has 0 spiro atoms. The van der Waals surface area contributed by atoms with Crippen LogP contribution in [0, 0.1) is 10.1 Å². The Kier molecular flexibility index (Phi) is 3.69. The van der Waals surface area contributed by atoms with Gasteiger partial charge in [-0.25, -0.2) is 4.98 Å². The van der Waals surface area contributed by atoms with Gasteiger partial charge in [0, 0.05) is 23.2 Å². The predicted octanol–water partition coefficient (Wildman–Crippen LogP) is 2.71. The molecule has 0 radical (unpaired) electrons. The summed E-state index contributed by atoms with van der Waals surface area (Å²) in [5.74, 6) is 0.689. The Bertz CT molecular complexity index is 480. The number of nitro groups is 1. The molecule has 110 valence electrons. The van der Waals surface area contributed by atoms with Crippen LogP contribution in [0.2, 0.25) is 0 Å². The van der Waals surface area contributed by atoms with Gasteiger partial charge in [0.2, 0.25) is 0 Å². The second-order valence-corrected chi connectivity index (χ2v) is 6.80. The average molecular weight is 278 g/mol. The number of nitrogens with one attached hydrogen (secondary N) is 2. The lowest BCUT2D eigenvalue weighted by molar-refractivity contribution is -0.385. The van der Waals surface area contributed by atoms with Crippen molar-refractivity contribution in [3.63, 3.8) is 0 Å². The van der Waals surface area contributed by atoms with Crippen LogP contribution in [-0.2, 0) is 0 Å². The van der Waals surface area contributed by atoms with E-state index in [0.29, 0.717) is 11.9 Å². The molecule has 6 heteroatoms. The van der Waals surface area contributed by atoms with Gasteiger partial charge >= 0.3 is 0 Å². The molecule has 0 bridgehead atoms. The first-order valence-corrected chi connectivity index (χ1v) is 6.83. The lowest BCUT2D eigenvalue weighted by Gasteiger charge is -2.46. The van der Waals surface area contributed by atoms with Crippen molar-refractivity contribution >= 4 is 11.5 Å². The van der Waals surface area contributed by atoms with E-state index in [-0.39, 0.29) is 16.8 Å². The molecule has 0 unspecified atom stereocenters. The molecular formula is C14H22N4O2. The fraction of sp³-hybridized carbons (Fsp3) is 0.643. The standard InChI is InChI=1S/C14H22N4O2/c1-13(2)7-10(8-14(3,4)17-13)16-12-6-5-11(9-15-12)18(19)20/h5-6,9-10,17H,7-8H2,1-4H3,(H,15,16). The highest BCUT2D eigenvalue weighted by molar-refractivity contribution is 5.41. The number of aromatic nitrogens is 1. The number of pyridine rings is 1. The summed E-state index contributed by atoms with van der Waals surface area (Å²) in [6.45, 7) is 8.75. The molecule has 0 saturated carbocycles. The summed E-state index contributed by atoms with van der Waals surface area (Å²) in [7, 11) is 0. The summed E-state index contributed by atoms with van der Waals surface area (Å²) in [6, 6.07) is 3.45. The molecule has 0 aromatic carbocycles. The summed E-state index contributed by atoms with van der Waals surface area (Å²) in [4.78, 5) is 14.3. The highest BCUT2D eigenvalue weighted by Crippen LogP contribution is 2.30. The number of piperidine rings is 1. The fourth-order valence-electron chi connectivity index (χ4n) is 3.21. The minimum Gasteiger partial charge on any atom is -0.367 e. The second-order valence-electron chi connectivity index (χ2n) is 6.80. The van der Waals surface area contributed by atoms with E-state index in [4.69, 9.17) is 0 Å². The molecule has 0 aliphatic carbocycles. The van der Waals surface area contributed by atoms with Gasteiger partial charge < -0.3 is 10.6 Å². The largest absolute Gasteiger partial charge is 0.367 e. The van der Waals surface area contributed by atoms with Gasteiger partial charge in [0.25, 0.3) is 5.69 Å². The first kappa shape index (κ1) is 14.7. The van der Waals surface area contributed by atoms with Gasteiger partial charge in [-0.1, -0.05) is 0 Å². The van der Waals surface area contributed by atoms with E-state index in [0.717, 1.165) is 12.8 Å². The van der Waals surface area contributed by atoms with Gasteiger partial charge in [0.05, 0.1) is 4.92 Å². The van der Waals surface area contributed by atoms with E-state index in [9.17, 15) is 10.1 Å². The Morgan fingerprint density at radius 1 is 1.30 bits per heavy atom. The topological polar surface area (TPSA) is 80.1 Å². The molecule has 0 amide bonds. The fourth-order valence-corrected chi connectivity index (χ4v) is 3.21. The number of hydrogen-bond donors (Lipinski definition) is 2. The Morgan fingerprint density at radius 3 is 2.35 bits per heavy atom. The molecule has 20 heavy (non-hydrogen) atoms. The van der Waals surface area contributed by atoms with E-state index < -0.39 is 4.92 Å². The van der Waals surface area contributed by atoms with Gasteiger partial charge in [0.15, 0.2) is 0 Å². The molecule has 0 atom stereocenters. The Hall–Kier alpha value is -1.69. The van der Waals surface area contributed by atoms with Crippen LogP contribution in [0.1, 0.15) is 40.5 Å². The van der Waals surface area contributed by atoms with Crippen LogP contribution in [0.5, 0.6) is 0 Å². The van der Waals surface area contributed by atoms with Gasteiger partial charge in [-0.3, -0.25) is 10.1 Å². The SMILES string of the molecule is CC1(C)CC(Nc2ccc([N+](=O)[O-])cn2)CC(C)(C)N1. The van der Waals surface area contributed by atoms with E-state index >= 15 is 0 Å². The maximum Gasteiger partial charge on any atom is 0.287 e. The Balaban J connectivity index is 2.07. The molecule has 2 N–H and O–H groups in total. The average Bonchev–Trinajstić information content (AvgIpc) is 2.25. The minimum absolute atomic E-state index is 0.0153. The summed E-state index contributed by atoms with van der Waals surface area (Å²) in [6.07, 6.45) is 3.25. The quantitative estimate of drug-likeness (QED) is 0.656. The van der Waals surface area contributed by atoms with Crippen LogP contribution in [0.25, 0.3) is 0 Å². The molecular weight excluding hydrogens is 256 g/mol. The molecule has 1 aromatic heterocycles. The van der Waals surface area contributed by atoms with Crippen molar-refractivity contribution in [2.75, 3.05) is 5.32 Å². The van der Waals surface area contributed by atoms with E-state index in [2.05, 4.69) is 43.3 Å². The third kappa shape index (κ3) is 3.66. The Labute approximate surface area is 119 Å². The molecule has 1 saturated heterocycles. The first-order valence-electron chi connectivity index (χ1n) is 6.83. The highest BCUT2D eigenvalue weighted by atomic mass is 16.6. The van der Waals surface area contributed by atoms with Gasteiger partial charge in [-0.15, -0.1) is 0 Å². The van der Waals surface area contributed by atoms with Crippen molar-refractivity contribution in [3.8, 4) is 0 Å². The van der Waals surface area contributed by atoms with Gasteiger partial charge in [-0.2, -0.15) is 0 Å². The number of rotatable bonds is 3. The first-order chi connectivity index (χ1) is 9.17. The van der Waals surface area contributed by atoms with Crippen molar-refractivity contribution in [2.24, 2.45) is 0 Å².